The molecule has 6 nitrogen and oxygen atoms in total. The molecule has 1 aromatic carbocycles. The van der Waals surface area contributed by atoms with E-state index in [1.54, 1.807) is 0 Å². The molecule has 0 saturated carbocycles. The highest BCUT2D eigenvalue weighted by molar-refractivity contribution is 5.98. The molecule has 0 aliphatic carbocycles. The molecule has 0 aromatic heterocycles. The first kappa shape index (κ1) is 19.3. The van der Waals surface area contributed by atoms with E-state index < -0.39 is 27.9 Å². The fourth-order valence-electron chi connectivity index (χ4n) is 1.92. The Morgan fingerprint density at radius 2 is 2.00 bits per heavy atom. The Bertz CT molecular complexity index is 513. The number of carbonyl (C=O) groups is 1. The molecule has 21 heavy (non-hydrogen) atoms. The second-order valence-corrected chi connectivity index (χ2v) is 4.56. The van der Waals surface area contributed by atoms with E-state index in [9.17, 15) is 19.3 Å². The minimum atomic E-state index is -0.712. The molecule has 8 heteroatoms. The van der Waals surface area contributed by atoms with E-state index in [2.05, 4.69) is 5.32 Å². The summed E-state index contributed by atoms with van der Waals surface area (Å²) in [6.45, 7) is 3.92. The second-order valence-electron chi connectivity index (χ2n) is 4.56. The van der Waals surface area contributed by atoms with Gasteiger partial charge in [-0.2, -0.15) is 0 Å². The highest BCUT2D eigenvalue weighted by atomic mass is 35.5. The van der Waals surface area contributed by atoms with Gasteiger partial charge in [0, 0.05) is 12.6 Å². The Morgan fingerprint density at radius 1 is 1.43 bits per heavy atom. The van der Waals surface area contributed by atoms with Crippen LogP contribution in [-0.4, -0.2) is 22.9 Å². The number of hydrogen-bond acceptors (Lipinski definition) is 4. The fourth-order valence-corrected chi connectivity index (χ4v) is 1.92. The van der Waals surface area contributed by atoms with Crippen molar-refractivity contribution in [1.29, 1.82) is 0 Å². The maximum absolute atomic E-state index is 13.2. The van der Waals surface area contributed by atoms with Gasteiger partial charge in [0.2, 0.25) is 0 Å². The first-order valence-electron chi connectivity index (χ1n) is 6.35. The predicted octanol–water partition coefficient (Wildman–Crippen LogP) is 2.40. The number of rotatable bonds is 6. The molecule has 0 saturated heterocycles. The molecule has 1 amide bonds. The molecular weight excluding hydrogens is 301 g/mol. The van der Waals surface area contributed by atoms with Crippen molar-refractivity contribution >= 4 is 24.0 Å². The van der Waals surface area contributed by atoms with Crippen molar-refractivity contribution in [2.75, 3.05) is 6.54 Å². The van der Waals surface area contributed by atoms with Crippen LogP contribution < -0.4 is 11.1 Å². The lowest BCUT2D eigenvalue weighted by atomic mass is 9.92. The highest BCUT2D eigenvalue weighted by Gasteiger charge is 2.30. The van der Waals surface area contributed by atoms with Gasteiger partial charge in [0.05, 0.1) is 10.5 Å². The first-order chi connectivity index (χ1) is 9.39. The number of nitrogens with zero attached hydrogens (tertiary/aromatic N) is 1. The number of nitro groups is 1. The largest absolute Gasteiger partial charge is 0.345 e. The lowest BCUT2D eigenvalue weighted by Crippen LogP contribution is -2.53. The van der Waals surface area contributed by atoms with Gasteiger partial charge >= 0.3 is 0 Å². The molecule has 0 bridgehead atoms. The van der Waals surface area contributed by atoms with Crippen LogP contribution in [0.5, 0.6) is 0 Å². The number of amides is 1. The third kappa shape index (κ3) is 4.37. The van der Waals surface area contributed by atoms with Crippen LogP contribution in [-0.2, 0) is 0 Å². The quantitative estimate of drug-likeness (QED) is 0.621. The van der Waals surface area contributed by atoms with Gasteiger partial charge in [-0.15, -0.1) is 12.4 Å². The molecule has 1 rings (SSSR count). The van der Waals surface area contributed by atoms with Crippen molar-refractivity contribution in [3.05, 3.63) is 39.7 Å². The summed E-state index contributed by atoms with van der Waals surface area (Å²) in [6.07, 6.45) is 1.16. The van der Waals surface area contributed by atoms with Crippen LogP contribution in [0, 0.1) is 15.9 Å². The number of benzene rings is 1. The summed E-state index contributed by atoms with van der Waals surface area (Å²) in [5, 5.41) is 13.6. The Balaban J connectivity index is 0.00000400. The van der Waals surface area contributed by atoms with E-state index in [-0.39, 0.29) is 24.5 Å². The van der Waals surface area contributed by atoms with Crippen molar-refractivity contribution < 1.29 is 14.1 Å². The smallest absolute Gasteiger partial charge is 0.282 e. The Morgan fingerprint density at radius 3 is 2.43 bits per heavy atom. The zero-order chi connectivity index (χ0) is 15.3. The molecule has 0 fully saturated rings. The summed E-state index contributed by atoms with van der Waals surface area (Å²) >= 11 is 0. The summed E-state index contributed by atoms with van der Waals surface area (Å²) in [6, 6.07) is 2.79. The molecule has 0 heterocycles. The monoisotopic (exact) mass is 319 g/mol. The number of carbonyl (C=O) groups excluding carboxylic acids is 1. The summed E-state index contributed by atoms with van der Waals surface area (Å²) in [7, 11) is 0. The Kier molecular flexibility index (Phi) is 7.25. The van der Waals surface area contributed by atoms with Crippen LogP contribution in [0.3, 0.4) is 0 Å². The minimum Gasteiger partial charge on any atom is -0.345 e. The molecule has 0 aliphatic heterocycles. The van der Waals surface area contributed by atoms with Crippen LogP contribution in [0.4, 0.5) is 10.1 Å². The molecular formula is C13H19ClFN3O3. The summed E-state index contributed by atoms with van der Waals surface area (Å²) < 4.78 is 13.2. The minimum absolute atomic E-state index is 0. The van der Waals surface area contributed by atoms with Gasteiger partial charge in [-0.3, -0.25) is 14.9 Å². The van der Waals surface area contributed by atoms with E-state index in [4.69, 9.17) is 5.73 Å². The maximum atomic E-state index is 13.2. The van der Waals surface area contributed by atoms with Crippen LogP contribution in [0.2, 0.25) is 0 Å². The molecule has 0 unspecified atom stereocenters. The van der Waals surface area contributed by atoms with E-state index in [1.165, 1.54) is 0 Å². The third-order valence-electron chi connectivity index (χ3n) is 3.52. The van der Waals surface area contributed by atoms with E-state index >= 15 is 0 Å². The number of nitrogens with one attached hydrogen (secondary N) is 1. The Labute approximate surface area is 128 Å². The molecule has 1 aromatic rings. The van der Waals surface area contributed by atoms with Gasteiger partial charge in [0.25, 0.3) is 11.6 Å². The molecule has 0 spiro atoms. The van der Waals surface area contributed by atoms with Crippen LogP contribution >= 0.6 is 12.4 Å². The van der Waals surface area contributed by atoms with Gasteiger partial charge in [-0.1, -0.05) is 13.8 Å². The zero-order valence-corrected chi connectivity index (χ0v) is 12.7. The van der Waals surface area contributed by atoms with Crippen LogP contribution in [0.1, 0.15) is 37.0 Å². The van der Waals surface area contributed by atoms with E-state index in [1.807, 2.05) is 13.8 Å². The number of hydrogen-bond donors (Lipinski definition) is 2. The SMILES string of the molecule is CCC(CC)(CN)NC(=O)c1cc(F)ccc1[N+](=O)[O-].Cl. The molecule has 118 valence electrons. The van der Waals surface area contributed by atoms with Crippen LogP contribution in [0.25, 0.3) is 0 Å². The predicted molar refractivity (Wildman–Crippen MR) is 80.1 cm³/mol. The molecule has 3 N–H and O–H groups in total. The number of halogens is 2. The van der Waals surface area contributed by atoms with Crippen molar-refractivity contribution in [1.82, 2.24) is 5.32 Å². The molecule has 0 aliphatic rings. The van der Waals surface area contributed by atoms with Gasteiger partial charge in [0.1, 0.15) is 11.4 Å². The average molecular weight is 320 g/mol. The maximum Gasteiger partial charge on any atom is 0.282 e. The van der Waals surface area contributed by atoms with Crippen molar-refractivity contribution in [2.45, 2.75) is 32.2 Å². The van der Waals surface area contributed by atoms with Gasteiger partial charge in [-0.25, -0.2) is 4.39 Å². The van der Waals surface area contributed by atoms with Crippen molar-refractivity contribution in [3.63, 3.8) is 0 Å². The zero-order valence-electron chi connectivity index (χ0n) is 11.9. The normalized spacial score (nSPS) is 10.7. The van der Waals surface area contributed by atoms with Gasteiger partial charge < -0.3 is 11.1 Å². The average Bonchev–Trinajstić information content (AvgIpc) is 2.44. The fraction of sp³-hybridized carbons (Fsp3) is 0.462. The highest BCUT2D eigenvalue weighted by Crippen LogP contribution is 2.21. The third-order valence-corrected chi connectivity index (χ3v) is 3.52. The van der Waals surface area contributed by atoms with Gasteiger partial charge in [-0.05, 0) is 25.0 Å². The summed E-state index contributed by atoms with van der Waals surface area (Å²) in [4.78, 5) is 22.4. The molecule has 0 radical (unpaired) electrons. The lowest BCUT2D eigenvalue weighted by molar-refractivity contribution is -0.385. The van der Waals surface area contributed by atoms with Crippen LogP contribution in [0.15, 0.2) is 18.2 Å². The summed E-state index contributed by atoms with van der Waals surface area (Å²) in [5.41, 5.74) is 4.29. The van der Waals surface area contributed by atoms with Crippen molar-refractivity contribution in [3.8, 4) is 0 Å². The Hall–Kier alpha value is -1.73. The van der Waals surface area contributed by atoms with E-state index in [0.717, 1.165) is 18.2 Å². The second kappa shape index (κ2) is 7.90. The summed E-state index contributed by atoms with van der Waals surface area (Å²) in [5.74, 6) is -1.39. The lowest BCUT2D eigenvalue weighted by Gasteiger charge is -2.31. The molecule has 0 atom stereocenters. The number of nitrogens with two attached hydrogens (primary N) is 1. The standard InChI is InChI=1S/C13H18FN3O3.ClH/c1-3-13(4-2,8-15)16-12(18)10-7-9(14)5-6-11(10)17(19)20;/h5-7H,3-4,8,15H2,1-2H3,(H,16,18);1H. The van der Waals surface area contributed by atoms with Gasteiger partial charge in [0.15, 0.2) is 0 Å². The first-order valence-corrected chi connectivity index (χ1v) is 6.35. The van der Waals surface area contributed by atoms with E-state index in [0.29, 0.717) is 12.8 Å². The van der Waals surface area contributed by atoms with Crippen molar-refractivity contribution in [2.24, 2.45) is 5.73 Å². The topological polar surface area (TPSA) is 98.3 Å². The number of nitro benzene ring substituents is 1.